The van der Waals surface area contributed by atoms with E-state index in [4.69, 9.17) is 4.74 Å². The fraction of sp³-hybridized carbons (Fsp3) is 0.333. The van der Waals surface area contributed by atoms with E-state index in [2.05, 4.69) is 0 Å². The summed E-state index contributed by atoms with van der Waals surface area (Å²) in [4.78, 5) is 23.8. The molecular formula is C15H17FO3. The minimum atomic E-state index is -0.648. The number of carbonyl (C=O) groups excluding carboxylic acids is 2. The van der Waals surface area contributed by atoms with E-state index in [1.165, 1.54) is 30.3 Å². The molecule has 0 radical (unpaired) electrons. The van der Waals surface area contributed by atoms with Crippen LogP contribution >= 0.6 is 0 Å². The molecule has 0 saturated carbocycles. The SMILES string of the molecule is CCOC(=O)/C(=C\c1ccc(F)cc1)C(=O)C(C)C. The lowest BCUT2D eigenvalue weighted by Gasteiger charge is -2.08. The maximum absolute atomic E-state index is 12.8. The summed E-state index contributed by atoms with van der Waals surface area (Å²) in [6.07, 6.45) is 1.43. The molecule has 0 amide bonds. The van der Waals surface area contributed by atoms with E-state index >= 15 is 0 Å². The van der Waals surface area contributed by atoms with Gasteiger partial charge in [-0.2, -0.15) is 0 Å². The first-order valence-electron chi connectivity index (χ1n) is 6.14. The molecule has 0 aliphatic rings. The third-order valence-electron chi connectivity index (χ3n) is 2.47. The highest BCUT2D eigenvalue weighted by Crippen LogP contribution is 2.14. The van der Waals surface area contributed by atoms with E-state index in [0.717, 1.165) is 0 Å². The van der Waals surface area contributed by atoms with Crippen LogP contribution in [0.25, 0.3) is 6.08 Å². The number of carbonyl (C=O) groups is 2. The van der Waals surface area contributed by atoms with Crippen molar-refractivity contribution in [3.63, 3.8) is 0 Å². The van der Waals surface area contributed by atoms with Gasteiger partial charge in [-0.15, -0.1) is 0 Å². The highest BCUT2D eigenvalue weighted by Gasteiger charge is 2.21. The van der Waals surface area contributed by atoms with Gasteiger partial charge in [0.2, 0.25) is 0 Å². The largest absolute Gasteiger partial charge is 0.462 e. The molecule has 0 aliphatic carbocycles. The molecule has 1 rings (SSSR count). The van der Waals surface area contributed by atoms with Crippen LogP contribution in [-0.4, -0.2) is 18.4 Å². The first-order valence-corrected chi connectivity index (χ1v) is 6.14. The summed E-state index contributed by atoms with van der Waals surface area (Å²) in [5.41, 5.74) is 0.571. The van der Waals surface area contributed by atoms with Crippen molar-refractivity contribution < 1.29 is 18.7 Å². The fourth-order valence-electron chi connectivity index (χ4n) is 1.48. The van der Waals surface area contributed by atoms with Gasteiger partial charge in [-0.1, -0.05) is 26.0 Å². The first-order chi connectivity index (χ1) is 8.95. The van der Waals surface area contributed by atoms with Crippen LogP contribution < -0.4 is 0 Å². The molecule has 0 aliphatic heterocycles. The van der Waals surface area contributed by atoms with Crippen molar-refractivity contribution in [2.24, 2.45) is 5.92 Å². The highest BCUT2D eigenvalue weighted by molar-refractivity contribution is 6.21. The summed E-state index contributed by atoms with van der Waals surface area (Å²) in [5, 5.41) is 0. The Kier molecular flexibility index (Phi) is 5.42. The van der Waals surface area contributed by atoms with Gasteiger partial charge < -0.3 is 4.74 Å². The van der Waals surface area contributed by atoms with E-state index in [1.54, 1.807) is 20.8 Å². The molecule has 0 saturated heterocycles. The van der Waals surface area contributed by atoms with Gasteiger partial charge in [-0.25, -0.2) is 9.18 Å². The summed E-state index contributed by atoms with van der Waals surface area (Å²) in [7, 11) is 0. The van der Waals surface area contributed by atoms with Crippen molar-refractivity contribution in [2.75, 3.05) is 6.61 Å². The third kappa shape index (κ3) is 4.32. The van der Waals surface area contributed by atoms with Gasteiger partial charge in [-0.05, 0) is 30.7 Å². The molecule has 4 heteroatoms. The second-order valence-corrected chi connectivity index (χ2v) is 4.35. The molecule has 1 aromatic carbocycles. The lowest BCUT2D eigenvalue weighted by atomic mass is 9.99. The van der Waals surface area contributed by atoms with Crippen molar-refractivity contribution in [3.8, 4) is 0 Å². The molecule has 102 valence electrons. The molecule has 0 fully saturated rings. The Balaban J connectivity index is 3.11. The summed E-state index contributed by atoms with van der Waals surface area (Å²) in [6, 6.07) is 5.55. The summed E-state index contributed by atoms with van der Waals surface area (Å²) in [5.74, 6) is -1.62. The van der Waals surface area contributed by atoms with Gasteiger partial charge in [-0.3, -0.25) is 4.79 Å². The van der Waals surface area contributed by atoms with Crippen molar-refractivity contribution in [1.29, 1.82) is 0 Å². The second-order valence-electron chi connectivity index (χ2n) is 4.35. The Labute approximate surface area is 112 Å². The quantitative estimate of drug-likeness (QED) is 0.355. The molecular weight excluding hydrogens is 247 g/mol. The Morgan fingerprint density at radius 2 is 1.84 bits per heavy atom. The molecule has 0 N–H and O–H groups in total. The number of Topliss-reactive ketones (excluding diaryl/α,β-unsaturated/α-hetero) is 1. The minimum Gasteiger partial charge on any atom is -0.462 e. The molecule has 1 aromatic rings. The minimum absolute atomic E-state index is 0.0107. The third-order valence-corrected chi connectivity index (χ3v) is 2.47. The highest BCUT2D eigenvalue weighted by atomic mass is 19.1. The zero-order valence-corrected chi connectivity index (χ0v) is 11.3. The predicted molar refractivity (Wildman–Crippen MR) is 70.9 cm³/mol. The predicted octanol–water partition coefficient (Wildman–Crippen LogP) is 3.00. The van der Waals surface area contributed by atoms with Gasteiger partial charge >= 0.3 is 5.97 Å². The summed E-state index contributed by atoms with van der Waals surface area (Å²) >= 11 is 0. The van der Waals surface area contributed by atoms with E-state index in [1.807, 2.05) is 0 Å². The van der Waals surface area contributed by atoms with Gasteiger partial charge in [0.15, 0.2) is 5.78 Å². The molecule has 19 heavy (non-hydrogen) atoms. The fourth-order valence-corrected chi connectivity index (χ4v) is 1.48. The van der Waals surface area contributed by atoms with Gasteiger partial charge in [0.25, 0.3) is 0 Å². The average Bonchev–Trinajstić information content (AvgIpc) is 2.37. The van der Waals surface area contributed by atoms with E-state index in [9.17, 15) is 14.0 Å². The molecule has 0 atom stereocenters. The number of ether oxygens (including phenoxy) is 1. The molecule has 3 nitrogen and oxygen atoms in total. The topological polar surface area (TPSA) is 43.4 Å². The Morgan fingerprint density at radius 3 is 2.32 bits per heavy atom. The van der Waals surface area contributed by atoms with Crippen LogP contribution in [0.2, 0.25) is 0 Å². The van der Waals surface area contributed by atoms with Crippen LogP contribution in [0, 0.1) is 11.7 Å². The number of hydrogen-bond acceptors (Lipinski definition) is 3. The lowest BCUT2D eigenvalue weighted by molar-refractivity contribution is -0.140. The van der Waals surface area contributed by atoms with Gasteiger partial charge in [0, 0.05) is 5.92 Å². The lowest BCUT2D eigenvalue weighted by Crippen LogP contribution is -2.19. The van der Waals surface area contributed by atoms with Crippen LogP contribution in [0.1, 0.15) is 26.3 Å². The average molecular weight is 264 g/mol. The van der Waals surface area contributed by atoms with Crippen molar-refractivity contribution in [2.45, 2.75) is 20.8 Å². The Morgan fingerprint density at radius 1 is 1.26 bits per heavy atom. The van der Waals surface area contributed by atoms with Gasteiger partial charge in [0.1, 0.15) is 11.4 Å². The van der Waals surface area contributed by atoms with Crippen molar-refractivity contribution in [1.82, 2.24) is 0 Å². The molecule has 0 heterocycles. The molecule has 0 bridgehead atoms. The normalized spacial score (nSPS) is 11.5. The van der Waals surface area contributed by atoms with Crippen molar-refractivity contribution >= 4 is 17.8 Å². The van der Waals surface area contributed by atoms with E-state index < -0.39 is 5.97 Å². The van der Waals surface area contributed by atoms with Crippen LogP contribution in [0.4, 0.5) is 4.39 Å². The van der Waals surface area contributed by atoms with Gasteiger partial charge in [0.05, 0.1) is 6.61 Å². The number of halogens is 1. The summed E-state index contributed by atoms with van der Waals surface area (Å²) in [6.45, 7) is 5.29. The molecule has 0 spiro atoms. The number of benzene rings is 1. The maximum Gasteiger partial charge on any atom is 0.341 e. The zero-order valence-electron chi connectivity index (χ0n) is 11.3. The second kappa shape index (κ2) is 6.83. The standard InChI is InChI=1S/C15H17FO3/c1-4-19-15(18)13(14(17)10(2)3)9-11-5-7-12(16)8-6-11/h5-10H,4H2,1-3H3/b13-9-. The monoisotopic (exact) mass is 264 g/mol. The zero-order chi connectivity index (χ0) is 14.4. The number of hydrogen-bond donors (Lipinski definition) is 0. The van der Waals surface area contributed by atoms with E-state index in [-0.39, 0.29) is 29.7 Å². The van der Waals surface area contributed by atoms with E-state index in [0.29, 0.717) is 5.56 Å². The van der Waals surface area contributed by atoms with Crippen LogP contribution in [0.3, 0.4) is 0 Å². The smallest absolute Gasteiger partial charge is 0.341 e. The van der Waals surface area contributed by atoms with Crippen molar-refractivity contribution in [3.05, 3.63) is 41.2 Å². The maximum atomic E-state index is 12.8. The summed E-state index contributed by atoms with van der Waals surface area (Å²) < 4.78 is 17.7. The first kappa shape index (κ1) is 15.1. The van der Waals surface area contributed by atoms with Crippen LogP contribution in [0.15, 0.2) is 29.8 Å². The Bertz CT molecular complexity index is 487. The molecule has 0 aromatic heterocycles. The number of ketones is 1. The van der Waals surface area contributed by atoms with Crippen LogP contribution in [0.5, 0.6) is 0 Å². The van der Waals surface area contributed by atoms with Crippen LogP contribution in [-0.2, 0) is 14.3 Å². The number of esters is 1. The molecule has 0 unspecified atom stereocenters. The number of rotatable bonds is 5. The Hall–Kier alpha value is -1.97.